The van der Waals surface area contributed by atoms with E-state index in [0.29, 0.717) is 10.7 Å². The van der Waals surface area contributed by atoms with E-state index < -0.39 is 0 Å². The predicted octanol–water partition coefficient (Wildman–Crippen LogP) is 5.96. The zero-order chi connectivity index (χ0) is 18.8. The van der Waals surface area contributed by atoms with Crippen molar-refractivity contribution < 1.29 is 4.79 Å². The molecule has 2 heterocycles. The topological polar surface area (TPSA) is 57.8 Å². The SMILES string of the molecule is CCSc1ccccc1C(=O)Nc1nc(-c2c(C)[nH]c3ccccc23)cs1. The molecule has 0 radical (unpaired) electrons. The Kier molecular flexibility index (Phi) is 5.01. The smallest absolute Gasteiger partial charge is 0.258 e. The summed E-state index contributed by atoms with van der Waals surface area (Å²) in [6.07, 6.45) is 0. The number of benzene rings is 2. The quantitative estimate of drug-likeness (QED) is 0.411. The molecule has 2 N–H and O–H groups in total. The van der Waals surface area contributed by atoms with Crippen LogP contribution in [0.15, 0.2) is 58.8 Å². The summed E-state index contributed by atoms with van der Waals surface area (Å²) in [5, 5.41) is 6.69. The molecule has 6 heteroatoms. The van der Waals surface area contributed by atoms with Gasteiger partial charge < -0.3 is 4.98 Å². The van der Waals surface area contributed by atoms with Crippen molar-refractivity contribution in [2.45, 2.75) is 18.7 Å². The molecule has 0 unspecified atom stereocenters. The number of anilines is 1. The van der Waals surface area contributed by atoms with Crippen LogP contribution in [-0.2, 0) is 0 Å². The number of hydrogen-bond acceptors (Lipinski definition) is 4. The number of nitrogens with one attached hydrogen (secondary N) is 2. The van der Waals surface area contributed by atoms with Gasteiger partial charge in [0.2, 0.25) is 0 Å². The fourth-order valence-corrected chi connectivity index (χ4v) is 4.65. The number of thioether (sulfide) groups is 1. The van der Waals surface area contributed by atoms with E-state index in [0.717, 1.165) is 38.5 Å². The van der Waals surface area contributed by atoms with Crippen LogP contribution in [0.1, 0.15) is 23.0 Å². The summed E-state index contributed by atoms with van der Waals surface area (Å²) >= 11 is 3.11. The molecule has 0 saturated carbocycles. The summed E-state index contributed by atoms with van der Waals surface area (Å²) in [6.45, 7) is 4.13. The van der Waals surface area contributed by atoms with Gasteiger partial charge in [0.1, 0.15) is 0 Å². The number of amides is 1. The highest BCUT2D eigenvalue weighted by atomic mass is 32.2. The molecule has 0 bridgehead atoms. The van der Waals surface area contributed by atoms with Crippen LogP contribution < -0.4 is 5.32 Å². The fraction of sp³-hybridized carbons (Fsp3) is 0.143. The fourth-order valence-electron chi connectivity index (χ4n) is 3.15. The molecule has 4 nitrogen and oxygen atoms in total. The minimum Gasteiger partial charge on any atom is -0.358 e. The third kappa shape index (κ3) is 3.50. The first-order valence-corrected chi connectivity index (χ1v) is 10.6. The summed E-state index contributed by atoms with van der Waals surface area (Å²) in [6, 6.07) is 15.9. The molecule has 2 aromatic heterocycles. The van der Waals surface area contributed by atoms with Gasteiger partial charge in [0.05, 0.1) is 11.3 Å². The summed E-state index contributed by atoms with van der Waals surface area (Å²) in [5.41, 5.74) is 4.81. The number of thiazole rings is 1. The number of carbonyl (C=O) groups is 1. The first kappa shape index (κ1) is 17.8. The van der Waals surface area contributed by atoms with Crippen molar-refractivity contribution in [2.75, 3.05) is 11.1 Å². The van der Waals surface area contributed by atoms with E-state index >= 15 is 0 Å². The van der Waals surface area contributed by atoms with Crippen LogP contribution in [0.5, 0.6) is 0 Å². The molecule has 4 rings (SSSR count). The van der Waals surface area contributed by atoms with Crippen molar-refractivity contribution in [3.05, 3.63) is 65.2 Å². The Morgan fingerprint density at radius 2 is 1.96 bits per heavy atom. The molecule has 0 atom stereocenters. The molecule has 0 aliphatic carbocycles. The molecule has 27 heavy (non-hydrogen) atoms. The minimum atomic E-state index is -0.122. The standard InChI is InChI=1S/C21H19N3OS2/c1-3-26-18-11-7-5-9-15(18)20(25)24-21-23-17(12-27-21)19-13(2)22-16-10-6-4-8-14(16)19/h4-12,22H,3H2,1-2H3,(H,23,24,25). The van der Waals surface area contributed by atoms with Crippen LogP contribution in [0.25, 0.3) is 22.2 Å². The minimum absolute atomic E-state index is 0.122. The Labute approximate surface area is 166 Å². The maximum atomic E-state index is 12.7. The van der Waals surface area contributed by atoms with Crippen molar-refractivity contribution >= 4 is 45.0 Å². The highest BCUT2D eigenvalue weighted by molar-refractivity contribution is 7.99. The number of rotatable bonds is 5. The summed E-state index contributed by atoms with van der Waals surface area (Å²) in [7, 11) is 0. The second-order valence-corrected chi connectivity index (χ2v) is 8.26. The van der Waals surface area contributed by atoms with Crippen LogP contribution >= 0.6 is 23.1 Å². The molecule has 1 amide bonds. The molecular formula is C21H19N3OS2. The highest BCUT2D eigenvalue weighted by Gasteiger charge is 2.16. The molecule has 0 fully saturated rings. The number of hydrogen-bond donors (Lipinski definition) is 2. The Balaban J connectivity index is 1.62. The molecule has 4 aromatic rings. The zero-order valence-corrected chi connectivity index (χ0v) is 16.7. The van der Waals surface area contributed by atoms with Gasteiger partial charge in [0, 0.05) is 32.4 Å². The van der Waals surface area contributed by atoms with Crippen LogP contribution in [0.4, 0.5) is 5.13 Å². The lowest BCUT2D eigenvalue weighted by molar-refractivity contribution is 0.102. The van der Waals surface area contributed by atoms with Gasteiger partial charge in [0.15, 0.2) is 5.13 Å². The lowest BCUT2D eigenvalue weighted by Crippen LogP contribution is -2.12. The lowest BCUT2D eigenvalue weighted by Gasteiger charge is -2.07. The molecule has 0 saturated heterocycles. The first-order valence-electron chi connectivity index (χ1n) is 8.73. The number of aromatic amines is 1. The predicted molar refractivity (Wildman–Crippen MR) is 115 cm³/mol. The van der Waals surface area contributed by atoms with E-state index in [1.807, 2.05) is 48.7 Å². The van der Waals surface area contributed by atoms with E-state index in [4.69, 9.17) is 0 Å². The number of carbonyl (C=O) groups excluding carboxylic acids is 1. The lowest BCUT2D eigenvalue weighted by atomic mass is 10.1. The number of fused-ring (bicyclic) bond motifs is 1. The second-order valence-electron chi connectivity index (χ2n) is 6.09. The Morgan fingerprint density at radius 3 is 2.81 bits per heavy atom. The normalized spacial score (nSPS) is 11.0. The number of aryl methyl sites for hydroxylation is 1. The molecule has 0 aliphatic rings. The van der Waals surface area contributed by atoms with Crippen molar-refractivity contribution in [3.8, 4) is 11.3 Å². The Hall–Kier alpha value is -2.57. The molecule has 136 valence electrons. The van der Waals surface area contributed by atoms with Crippen molar-refractivity contribution in [1.29, 1.82) is 0 Å². The van der Waals surface area contributed by atoms with Crippen LogP contribution in [0.3, 0.4) is 0 Å². The van der Waals surface area contributed by atoms with Crippen molar-refractivity contribution in [2.24, 2.45) is 0 Å². The van der Waals surface area contributed by atoms with E-state index in [-0.39, 0.29) is 5.91 Å². The van der Waals surface area contributed by atoms with Crippen molar-refractivity contribution in [1.82, 2.24) is 9.97 Å². The Morgan fingerprint density at radius 1 is 1.19 bits per heavy atom. The zero-order valence-electron chi connectivity index (χ0n) is 15.1. The van der Waals surface area contributed by atoms with Crippen molar-refractivity contribution in [3.63, 3.8) is 0 Å². The number of para-hydroxylation sites is 1. The van der Waals surface area contributed by atoms with Gasteiger partial charge in [-0.3, -0.25) is 10.1 Å². The van der Waals surface area contributed by atoms with Gasteiger partial charge in [-0.15, -0.1) is 23.1 Å². The van der Waals surface area contributed by atoms with E-state index in [2.05, 4.69) is 34.3 Å². The molecule has 0 spiro atoms. The number of H-pyrrole nitrogens is 1. The average Bonchev–Trinajstić information content (AvgIpc) is 3.25. The summed E-state index contributed by atoms with van der Waals surface area (Å²) in [5.74, 6) is 0.800. The van der Waals surface area contributed by atoms with Gasteiger partial charge in [-0.05, 0) is 30.9 Å². The third-order valence-electron chi connectivity index (χ3n) is 4.31. The average molecular weight is 394 g/mol. The monoisotopic (exact) mass is 393 g/mol. The highest BCUT2D eigenvalue weighted by Crippen LogP contribution is 2.34. The van der Waals surface area contributed by atoms with Gasteiger partial charge in [-0.1, -0.05) is 37.3 Å². The van der Waals surface area contributed by atoms with E-state index in [1.165, 1.54) is 11.3 Å². The van der Waals surface area contributed by atoms with E-state index in [1.54, 1.807) is 11.8 Å². The van der Waals surface area contributed by atoms with Gasteiger partial charge >= 0.3 is 0 Å². The maximum absolute atomic E-state index is 12.7. The maximum Gasteiger partial charge on any atom is 0.258 e. The van der Waals surface area contributed by atoms with Crippen LogP contribution in [0, 0.1) is 6.92 Å². The summed E-state index contributed by atoms with van der Waals surface area (Å²) < 4.78 is 0. The summed E-state index contributed by atoms with van der Waals surface area (Å²) in [4.78, 5) is 21.8. The Bertz CT molecular complexity index is 1110. The molecular weight excluding hydrogens is 374 g/mol. The second kappa shape index (κ2) is 7.58. The van der Waals surface area contributed by atoms with Gasteiger partial charge in [0.25, 0.3) is 5.91 Å². The van der Waals surface area contributed by atoms with E-state index in [9.17, 15) is 4.79 Å². The third-order valence-corrected chi connectivity index (χ3v) is 6.02. The van der Waals surface area contributed by atoms with Crippen LogP contribution in [-0.4, -0.2) is 21.6 Å². The number of nitrogens with zero attached hydrogens (tertiary/aromatic N) is 1. The first-order chi connectivity index (χ1) is 13.2. The molecule has 2 aromatic carbocycles. The van der Waals surface area contributed by atoms with Crippen LogP contribution in [0.2, 0.25) is 0 Å². The van der Waals surface area contributed by atoms with Gasteiger partial charge in [-0.25, -0.2) is 4.98 Å². The van der Waals surface area contributed by atoms with Gasteiger partial charge in [-0.2, -0.15) is 0 Å². The number of aromatic nitrogens is 2. The molecule has 0 aliphatic heterocycles. The largest absolute Gasteiger partial charge is 0.358 e.